The van der Waals surface area contributed by atoms with E-state index < -0.39 is 0 Å². The second kappa shape index (κ2) is 7.77. The third-order valence-electron chi connectivity index (χ3n) is 3.53. The van der Waals surface area contributed by atoms with E-state index in [-0.39, 0.29) is 11.9 Å². The highest BCUT2D eigenvalue weighted by Crippen LogP contribution is 2.18. The van der Waals surface area contributed by atoms with E-state index in [1.807, 2.05) is 6.92 Å². The van der Waals surface area contributed by atoms with Crippen molar-refractivity contribution in [2.75, 3.05) is 26.7 Å². The number of rotatable bonds is 4. The molecule has 1 aromatic heterocycles. The number of ether oxygens (including phenoxy) is 1. The summed E-state index contributed by atoms with van der Waals surface area (Å²) in [7, 11) is 1.72. The van der Waals surface area contributed by atoms with E-state index >= 15 is 0 Å². The van der Waals surface area contributed by atoms with Crippen LogP contribution in [0.25, 0.3) is 0 Å². The molecule has 22 heavy (non-hydrogen) atoms. The number of hydrogen-bond acceptors (Lipinski definition) is 6. The third-order valence-corrected chi connectivity index (χ3v) is 3.53. The quantitative estimate of drug-likeness (QED) is 0.498. The number of aliphatic imine (C=N–C) groups is 1. The maximum atomic E-state index is 11.9. The summed E-state index contributed by atoms with van der Waals surface area (Å²) in [5.41, 5.74) is 0. The number of piperidine rings is 1. The Morgan fingerprint density at radius 3 is 3.05 bits per heavy atom. The zero-order chi connectivity index (χ0) is 15.9. The van der Waals surface area contributed by atoms with Gasteiger partial charge in [0.25, 0.3) is 0 Å². The summed E-state index contributed by atoms with van der Waals surface area (Å²) in [6, 6.07) is 0. The Balaban J connectivity index is 1.91. The minimum Gasteiger partial charge on any atom is -0.466 e. The van der Waals surface area contributed by atoms with E-state index in [0.717, 1.165) is 25.3 Å². The topological polar surface area (TPSA) is 92.8 Å². The van der Waals surface area contributed by atoms with Crippen molar-refractivity contribution in [3.8, 4) is 0 Å². The Bertz CT molecular complexity index is 528. The first-order valence-corrected chi connectivity index (χ1v) is 7.55. The maximum absolute atomic E-state index is 11.9. The minimum atomic E-state index is -0.128. The Labute approximate surface area is 129 Å². The molecule has 1 aromatic rings. The average molecular weight is 309 g/mol. The molecule has 0 aromatic carbocycles. The van der Waals surface area contributed by atoms with E-state index in [1.54, 1.807) is 14.0 Å². The summed E-state index contributed by atoms with van der Waals surface area (Å²) in [4.78, 5) is 22.4. The molecule has 0 radical (unpaired) electrons. The zero-order valence-corrected chi connectivity index (χ0v) is 13.3. The molecule has 1 N–H and O–H groups in total. The maximum Gasteiger partial charge on any atom is 0.310 e. The van der Waals surface area contributed by atoms with Gasteiger partial charge in [-0.2, -0.15) is 4.98 Å². The predicted molar refractivity (Wildman–Crippen MR) is 80.2 cm³/mol. The molecule has 2 heterocycles. The summed E-state index contributed by atoms with van der Waals surface area (Å²) < 4.78 is 10.1. The fourth-order valence-electron chi connectivity index (χ4n) is 2.53. The molecule has 0 amide bonds. The van der Waals surface area contributed by atoms with Crippen molar-refractivity contribution in [1.82, 2.24) is 20.4 Å². The first kappa shape index (κ1) is 16.3. The summed E-state index contributed by atoms with van der Waals surface area (Å²) in [5.74, 6) is 1.62. The van der Waals surface area contributed by atoms with Gasteiger partial charge in [0.2, 0.25) is 5.89 Å². The number of nitrogens with zero attached hydrogens (tertiary/aromatic N) is 4. The molecular weight excluding hydrogens is 286 g/mol. The van der Waals surface area contributed by atoms with E-state index in [9.17, 15) is 4.79 Å². The first-order valence-electron chi connectivity index (χ1n) is 7.55. The van der Waals surface area contributed by atoms with Crippen LogP contribution in [0.15, 0.2) is 9.52 Å². The molecule has 0 bridgehead atoms. The molecule has 8 heteroatoms. The predicted octanol–water partition coefficient (Wildman–Crippen LogP) is 0.729. The Morgan fingerprint density at radius 2 is 2.41 bits per heavy atom. The van der Waals surface area contributed by atoms with Crippen molar-refractivity contribution >= 4 is 11.9 Å². The third kappa shape index (κ3) is 4.19. The molecule has 1 atom stereocenters. The van der Waals surface area contributed by atoms with Crippen molar-refractivity contribution in [3.63, 3.8) is 0 Å². The molecule has 1 aliphatic rings. The smallest absolute Gasteiger partial charge is 0.310 e. The second-order valence-electron chi connectivity index (χ2n) is 5.17. The van der Waals surface area contributed by atoms with Crippen molar-refractivity contribution in [3.05, 3.63) is 11.7 Å². The average Bonchev–Trinajstić information content (AvgIpc) is 2.94. The molecule has 1 aliphatic heterocycles. The van der Waals surface area contributed by atoms with Crippen molar-refractivity contribution in [2.45, 2.75) is 33.2 Å². The number of aromatic nitrogens is 2. The molecule has 1 unspecified atom stereocenters. The molecule has 0 spiro atoms. The largest absolute Gasteiger partial charge is 0.466 e. The number of aryl methyl sites for hydroxylation is 1. The summed E-state index contributed by atoms with van der Waals surface area (Å²) in [5, 5.41) is 7.04. The number of likely N-dealkylation sites (tertiary alicyclic amines) is 1. The van der Waals surface area contributed by atoms with Crippen LogP contribution in [-0.4, -0.2) is 53.7 Å². The van der Waals surface area contributed by atoms with Gasteiger partial charge in [0.15, 0.2) is 11.8 Å². The van der Waals surface area contributed by atoms with Gasteiger partial charge >= 0.3 is 5.97 Å². The standard InChI is InChI=1S/C14H23N5O3/c1-4-21-13(20)11-6-5-7-19(9-11)14(15-3)16-8-12-17-10(2)22-18-12/h11H,4-9H2,1-3H3,(H,15,16). The van der Waals surface area contributed by atoms with Gasteiger partial charge in [0, 0.05) is 27.1 Å². The summed E-state index contributed by atoms with van der Waals surface area (Å²) in [6.45, 7) is 5.90. The van der Waals surface area contributed by atoms with Crippen LogP contribution in [-0.2, 0) is 16.1 Å². The van der Waals surface area contributed by atoms with Crippen molar-refractivity contribution in [2.24, 2.45) is 10.9 Å². The molecular formula is C14H23N5O3. The van der Waals surface area contributed by atoms with Crippen LogP contribution in [0.4, 0.5) is 0 Å². The first-order chi connectivity index (χ1) is 10.6. The molecule has 0 saturated carbocycles. The number of esters is 1. The van der Waals surface area contributed by atoms with Gasteiger partial charge in [-0.3, -0.25) is 9.79 Å². The number of carbonyl (C=O) groups excluding carboxylic acids is 1. The molecule has 2 rings (SSSR count). The highest BCUT2D eigenvalue weighted by Gasteiger charge is 2.28. The van der Waals surface area contributed by atoms with Crippen LogP contribution in [0.1, 0.15) is 31.5 Å². The molecule has 122 valence electrons. The van der Waals surface area contributed by atoms with Crippen LogP contribution in [0.2, 0.25) is 0 Å². The van der Waals surface area contributed by atoms with Crippen LogP contribution in [0.5, 0.6) is 0 Å². The second-order valence-corrected chi connectivity index (χ2v) is 5.17. The summed E-state index contributed by atoms with van der Waals surface area (Å²) >= 11 is 0. The number of carbonyl (C=O) groups is 1. The minimum absolute atomic E-state index is 0.0975. The van der Waals surface area contributed by atoms with Crippen LogP contribution < -0.4 is 5.32 Å². The van der Waals surface area contributed by atoms with E-state index in [4.69, 9.17) is 9.26 Å². The normalized spacial score (nSPS) is 19.1. The van der Waals surface area contributed by atoms with Gasteiger partial charge in [-0.25, -0.2) is 0 Å². The molecule has 1 fully saturated rings. The van der Waals surface area contributed by atoms with Gasteiger partial charge in [-0.1, -0.05) is 5.16 Å². The van der Waals surface area contributed by atoms with Crippen molar-refractivity contribution < 1.29 is 14.1 Å². The monoisotopic (exact) mass is 309 g/mol. The van der Waals surface area contributed by atoms with E-state index in [2.05, 4.69) is 25.3 Å². The zero-order valence-electron chi connectivity index (χ0n) is 13.3. The fraction of sp³-hybridized carbons (Fsp3) is 0.714. The highest BCUT2D eigenvalue weighted by atomic mass is 16.5. The molecule has 8 nitrogen and oxygen atoms in total. The lowest BCUT2D eigenvalue weighted by molar-refractivity contribution is -0.149. The Hall–Kier alpha value is -2.12. The lowest BCUT2D eigenvalue weighted by Crippen LogP contribution is -2.48. The number of guanidine groups is 1. The number of hydrogen-bond donors (Lipinski definition) is 1. The highest BCUT2D eigenvalue weighted by molar-refractivity contribution is 5.81. The lowest BCUT2D eigenvalue weighted by Gasteiger charge is -2.33. The summed E-state index contributed by atoms with van der Waals surface area (Å²) in [6.07, 6.45) is 1.79. The fourth-order valence-corrected chi connectivity index (χ4v) is 2.53. The number of nitrogens with one attached hydrogen (secondary N) is 1. The molecule has 0 aliphatic carbocycles. The van der Waals surface area contributed by atoms with Crippen molar-refractivity contribution in [1.29, 1.82) is 0 Å². The van der Waals surface area contributed by atoms with Crippen LogP contribution in [0.3, 0.4) is 0 Å². The van der Waals surface area contributed by atoms with E-state index in [0.29, 0.717) is 31.4 Å². The Morgan fingerprint density at radius 1 is 1.59 bits per heavy atom. The van der Waals surface area contributed by atoms with Crippen LogP contribution in [0, 0.1) is 12.8 Å². The van der Waals surface area contributed by atoms with Gasteiger partial charge < -0.3 is 19.5 Å². The van der Waals surface area contributed by atoms with Gasteiger partial charge in [-0.05, 0) is 19.8 Å². The van der Waals surface area contributed by atoms with Gasteiger partial charge in [-0.15, -0.1) is 0 Å². The lowest BCUT2D eigenvalue weighted by atomic mass is 9.98. The van der Waals surface area contributed by atoms with E-state index in [1.165, 1.54) is 0 Å². The van der Waals surface area contributed by atoms with Crippen LogP contribution >= 0.6 is 0 Å². The van der Waals surface area contributed by atoms with Gasteiger partial charge in [0.1, 0.15) is 0 Å². The SMILES string of the molecule is CCOC(=O)C1CCCN(C(=NC)NCc2noc(C)n2)C1. The Kier molecular flexibility index (Phi) is 5.74. The van der Waals surface area contributed by atoms with Gasteiger partial charge in [0.05, 0.1) is 19.1 Å². The molecule has 1 saturated heterocycles.